The van der Waals surface area contributed by atoms with E-state index in [9.17, 15) is 5.11 Å². The van der Waals surface area contributed by atoms with E-state index in [4.69, 9.17) is 4.74 Å². The minimum absolute atomic E-state index is 0.529. The van der Waals surface area contributed by atoms with Crippen LogP contribution in [0.4, 0.5) is 0 Å². The highest BCUT2D eigenvalue weighted by Crippen LogP contribution is 2.29. The van der Waals surface area contributed by atoms with Crippen molar-refractivity contribution < 1.29 is 9.84 Å². The summed E-state index contributed by atoms with van der Waals surface area (Å²) in [5.41, 5.74) is 0.725. The summed E-state index contributed by atoms with van der Waals surface area (Å²) in [6.45, 7) is 4.31. The van der Waals surface area contributed by atoms with Gasteiger partial charge in [-0.1, -0.05) is 0 Å². The highest BCUT2D eigenvalue weighted by Gasteiger charge is 2.33. The summed E-state index contributed by atoms with van der Waals surface area (Å²) >= 11 is 0. The predicted octanol–water partition coefficient (Wildman–Crippen LogP) is 1.13. The van der Waals surface area contributed by atoms with Gasteiger partial charge in [0.25, 0.3) is 0 Å². The molecule has 0 aliphatic carbocycles. The third-order valence-electron chi connectivity index (χ3n) is 4.49. The van der Waals surface area contributed by atoms with Crippen molar-refractivity contribution >= 4 is 0 Å². The fourth-order valence-corrected chi connectivity index (χ4v) is 3.22. The Kier molecular flexibility index (Phi) is 3.86. The molecule has 0 spiro atoms. The molecule has 2 N–H and O–H groups in total. The summed E-state index contributed by atoms with van der Waals surface area (Å²) in [7, 11) is 0. The topological polar surface area (TPSA) is 61.4 Å². The zero-order valence-corrected chi connectivity index (χ0v) is 11.3. The Balaban J connectivity index is 1.50. The van der Waals surface area contributed by atoms with E-state index in [2.05, 4.69) is 21.2 Å². The summed E-state index contributed by atoms with van der Waals surface area (Å²) < 4.78 is 5.33. The van der Waals surface area contributed by atoms with Gasteiger partial charge in [0.15, 0.2) is 0 Å². The number of aromatic amines is 1. The normalized spacial score (nSPS) is 25.5. The quantitative estimate of drug-likeness (QED) is 0.860. The minimum Gasteiger partial charge on any atom is -0.388 e. The van der Waals surface area contributed by atoms with Crippen LogP contribution in [0.15, 0.2) is 12.3 Å². The van der Waals surface area contributed by atoms with E-state index in [1.54, 1.807) is 0 Å². The lowest BCUT2D eigenvalue weighted by atomic mass is 9.90. The molecule has 0 unspecified atom stereocenters. The van der Waals surface area contributed by atoms with E-state index in [1.165, 1.54) is 5.69 Å². The second-order valence-corrected chi connectivity index (χ2v) is 5.90. The van der Waals surface area contributed by atoms with Crippen molar-refractivity contribution in [3.8, 4) is 0 Å². The van der Waals surface area contributed by atoms with Crippen molar-refractivity contribution in [2.24, 2.45) is 0 Å². The largest absolute Gasteiger partial charge is 0.388 e. The lowest BCUT2D eigenvalue weighted by Gasteiger charge is -2.39. The number of likely N-dealkylation sites (tertiary alicyclic amines) is 1. The Hall–Kier alpha value is -0.910. The number of hydrogen-bond acceptors (Lipinski definition) is 4. The van der Waals surface area contributed by atoms with Crippen molar-refractivity contribution in [3.63, 3.8) is 0 Å². The molecule has 2 aliphatic heterocycles. The number of H-pyrrole nitrogens is 1. The summed E-state index contributed by atoms with van der Waals surface area (Å²) in [6.07, 6.45) is 5.66. The second kappa shape index (κ2) is 5.61. The Morgan fingerprint density at radius 2 is 2.11 bits per heavy atom. The number of aromatic nitrogens is 2. The third kappa shape index (κ3) is 3.16. The monoisotopic (exact) mass is 265 g/mol. The maximum absolute atomic E-state index is 10.5. The first-order valence-corrected chi connectivity index (χ1v) is 7.27. The van der Waals surface area contributed by atoms with Crippen molar-refractivity contribution in [1.29, 1.82) is 0 Å². The maximum atomic E-state index is 10.5. The summed E-state index contributed by atoms with van der Waals surface area (Å²) in [5.74, 6) is 0.600. The van der Waals surface area contributed by atoms with Crippen LogP contribution in [0.1, 0.15) is 37.3 Å². The highest BCUT2D eigenvalue weighted by molar-refractivity contribution is 5.07. The number of ether oxygens (including phenoxy) is 1. The van der Waals surface area contributed by atoms with E-state index >= 15 is 0 Å². The molecule has 0 amide bonds. The van der Waals surface area contributed by atoms with Crippen molar-refractivity contribution in [3.05, 3.63) is 18.0 Å². The predicted molar refractivity (Wildman–Crippen MR) is 72.0 cm³/mol. The maximum Gasteiger partial charge on any atom is 0.0817 e. The lowest BCUT2D eigenvalue weighted by Crippen LogP contribution is -2.48. The smallest absolute Gasteiger partial charge is 0.0817 e. The van der Waals surface area contributed by atoms with Gasteiger partial charge < -0.3 is 14.7 Å². The van der Waals surface area contributed by atoms with Gasteiger partial charge in [0.2, 0.25) is 0 Å². The number of hydrogen-bond donors (Lipinski definition) is 2. The summed E-state index contributed by atoms with van der Waals surface area (Å²) in [6, 6.07) is 2.08. The van der Waals surface area contributed by atoms with Crippen LogP contribution < -0.4 is 0 Å². The lowest BCUT2D eigenvalue weighted by molar-refractivity contribution is -0.0821. The van der Waals surface area contributed by atoms with Crippen LogP contribution in [0.3, 0.4) is 0 Å². The third-order valence-corrected chi connectivity index (χ3v) is 4.49. The van der Waals surface area contributed by atoms with Crippen molar-refractivity contribution in [2.75, 3.05) is 32.8 Å². The first-order chi connectivity index (χ1) is 9.25. The van der Waals surface area contributed by atoms with Gasteiger partial charge in [-0.15, -0.1) is 0 Å². The number of β-amino-alcohol motifs (C(OH)–C–C–N with tert-alkyl or cyclic N) is 1. The Morgan fingerprint density at radius 3 is 2.74 bits per heavy atom. The standard InChI is InChI=1S/C14H23N3O2/c18-14(4-9-19-10-5-14)11-17-7-2-12(3-8-17)13-1-6-15-16-13/h1,6,12,18H,2-5,7-11H2,(H,15,16). The molecule has 0 atom stereocenters. The van der Waals surface area contributed by atoms with Gasteiger partial charge >= 0.3 is 0 Å². The average molecular weight is 265 g/mol. The van der Waals surface area contributed by atoms with Gasteiger partial charge in [-0.25, -0.2) is 0 Å². The molecule has 2 fully saturated rings. The highest BCUT2D eigenvalue weighted by atomic mass is 16.5. The number of nitrogens with zero attached hydrogens (tertiary/aromatic N) is 2. The van der Waals surface area contributed by atoms with Crippen LogP contribution in [0.2, 0.25) is 0 Å². The molecule has 1 aromatic rings. The van der Waals surface area contributed by atoms with Crippen LogP contribution in [0.5, 0.6) is 0 Å². The Morgan fingerprint density at radius 1 is 1.37 bits per heavy atom. The fourth-order valence-electron chi connectivity index (χ4n) is 3.22. The van der Waals surface area contributed by atoms with E-state index in [0.29, 0.717) is 19.1 Å². The van der Waals surface area contributed by atoms with E-state index in [0.717, 1.165) is 45.3 Å². The molecule has 0 radical (unpaired) electrons. The van der Waals surface area contributed by atoms with Crippen molar-refractivity contribution in [1.82, 2.24) is 15.1 Å². The fraction of sp³-hybridized carbons (Fsp3) is 0.786. The molecular formula is C14H23N3O2. The van der Waals surface area contributed by atoms with Crippen LogP contribution in [-0.4, -0.2) is 58.7 Å². The van der Waals surface area contributed by atoms with E-state index in [1.807, 2.05) is 6.20 Å². The van der Waals surface area contributed by atoms with Crippen LogP contribution in [0, 0.1) is 0 Å². The zero-order chi connectivity index (χ0) is 13.1. The Bertz CT molecular complexity index is 379. The summed E-state index contributed by atoms with van der Waals surface area (Å²) in [5, 5.41) is 17.6. The molecule has 5 nitrogen and oxygen atoms in total. The second-order valence-electron chi connectivity index (χ2n) is 5.90. The van der Waals surface area contributed by atoms with Gasteiger partial charge in [0.05, 0.1) is 5.60 Å². The van der Waals surface area contributed by atoms with Crippen LogP contribution >= 0.6 is 0 Å². The van der Waals surface area contributed by atoms with Gasteiger partial charge in [-0.05, 0) is 32.0 Å². The molecule has 106 valence electrons. The number of rotatable bonds is 3. The van der Waals surface area contributed by atoms with Crippen molar-refractivity contribution in [2.45, 2.75) is 37.2 Å². The molecule has 3 rings (SSSR count). The zero-order valence-electron chi connectivity index (χ0n) is 11.3. The first-order valence-electron chi connectivity index (χ1n) is 7.27. The van der Waals surface area contributed by atoms with Crippen LogP contribution in [-0.2, 0) is 4.74 Å². The van der Waals surface area contributed by atoms with Gasteiger partial charge in [-0.2, -0.15) is 5.10 Å². The van der Waals surface area contributed by atoms with Crippen LogP contribution in [0.25, 0.3) is 0 Å². The molecule has 0 saturated carbocycles. The molecule has 3 heterocycles. The minimum atomic E-state index is -0.529. The SMILES string of the molecule is OC1(CN2CCC(c3ccn[nH]3)CC2)CCOCC1. The molecule has 1 aromatic heterocycles. The van der Waals surface area contributed by atoms with Gasteiger partial charge in [0.1, 0.15) is 0 Å². The van der Waals surface area contributed by atoms with Gasteiger partial charge in [0, 0.05) is 50.4 Å². The molecule has 5 heteroatoms. The molecule has 0 bridgehead atoms. The molecule has 2 aliphatic rings. The Labute approximate surface area is 113 Å². The van der Waals surface area contributed by atoms with E-state index < -0.39 is 5.60 Å². The molecule has 2 saturated heterocycles. The first kappa shape index (κ1) is 13.1. The van der Waals surface area contributed by atoms with Gasteiger partial charge in [-0.3, -0.25) is 5.10 Å². The molecule has 0 aromatic carbocycles. The number of nitrogens with one attached hydrogen (secondary N) is 1. The van der Waals surface area contributed by atoms with E-state index in [-0.39, 0.29) is 0 Å². The molecular weight excluding hydrogens is 242 g/mol. The number of piperidine rings is 1. The summed E-state index contributed by atoms with van der Waals surface area (Å²) in [4.78, 5) is 2.40. The number of aliphatic hydroxyl groups is 1. The average Bonchev–Trinajstić information content (AvgIpc) is 2.94. The molecule has 19 heavy (non-hydrogen) atoms.